The van der Waals surface area contributed by atoms with Crippen molar-refractivity contribution < 1.29 is 9.59 Å². The number of rotatable bonds is 7. The van der Waals surface area contributed by atoms with Crippen molar-refractivity contribution in [3.05, 3.63) is 41.5 Å². The van der Waals surface area contributed by atoms with E-state index in [4.69, 9.17) is 0 Å². The molecule has 0 aliphatic carbocycles. The summed E-state index contributed by atoms with van der Waals surface area (Å²) in [5, 5.41) is 2.87. The molecule has 0 bridgehead atoms. The number of hydrogen-bond donors (Lipinski definition) is 1. The largest absolute Gasteiger partial charge is 0.352 e. The van der Waals surface area contributed by atoms with Crippen molar-refractivity contribution in [1.82, 2.24) is 15.1 Å². The molecule has 0 saturated carbocycles. The Morgan fingerprint density at radius 1 is 1.11 bits per heavy atom. The predicted octanol–water partition coefficient (Wildman–Crippen LogP) is 2.70. The minimum absolute atomic E-state index is 0.123. The molecular weight excluding hydrogens is 338 g/mol. The highest BCUT2D eigenvalue weighted by Crippen LogP contribution is 2.23. The number of likely N-dealkylation sites (N-methyl/N-ethyl adjacent to an activating group) is 1. The second-order valence-corrected chi connectivity index (χ2v) is 7.48. The molecule has 5 heteroatoms. The van der Waals surface area contributed by atoms with E-state index >= 15 is 0 Å². The van der Waals surface area contributed by atoms with Gasteiger partial charge in [0.2, 0.25) is 11.8 Å². The van der Waals surface area contributed by atoms with Crippen LogP contribution in [0.5, 0.6) is 0 Å². The summed E-state index contributed by atoms with van der Waals surface area (Å²) in [6, 6.07) is 8.21. The highest BCUT2D eigenvalue weighted by Gasteiger charge is 2.19. The van der Waals surface area contributed by atoms with E-state index in [2.05, 4.69) is 43.1 Å². The van der Waals surface area contributed by atoms with Gasteiger partial charge in [-0.2, -0.15) is 0 Å². The van der Waals surface area contributed by atoms with Crippen LogP contribution in [-0.2, 0) is 9.59 Å². The number of carbonyl (C=O) groups excluding carboxylic acids is 2. The van der Waals surface area contributed by atoms with Crippen LogP contribution in [0, 0.1) is 12.8 Å². The molecule has 5 nitrogen and oxygen atoms in total. The monoisotopic (exact) mass is 371 g/mol. The number of nitrogens with zero attached hydrogens (tertiary/aromatic N) is 2. The Hall–Kier alpha value is -2.14. The van der Waals surface area contributed by atoms with E-state index in [1.54, 1.807) is 6.08 Å². The van der Waals surface area contributed by atoms with Crippen LogP contribution >= 0.6 is 0 Å². The van der Waals surface area contributed by atoms with Gasteiger partial charge in [0.1, 0.15) is 0 Å². The first-order valence-electron chi connectivity index (χ1n) is 9.97. The third-order valence-electron chi connectivity index (χ3n) is 5.10. The number of piperazine rings is 1. The highest BCUT2D eigenvalue weighted by atomic mass is 16.2. The topological polar surface area (TPSA) is 52.6 Å². The molecule has 1 N–H and O–H groups in total. The van der Waals surface area contributed by atoms with Crippen molar-refractivity contribution in [1.29, 1.82) is 0 Å². The van der Waals surface area contributed by atoms with Gasteiger partial charge in [-0.3, -0.25) is 9.59 Å². The summed E-state index contributed by atoms with van der Waals surface area (Å²) >= 11 is 0. The zero-order valence-electron chi connectivity index (χ0n) is 17.1. The SMILES string of the molecule is CCN1CCN(C(=O)CCNC(=O)/C=C(/c2ccc(C)cc2)C(C)C)CC1. The predicted molar refractivity (Wildman–Crippen MR) is 110 cm³/mol. The molecule has 0 unspecified atom stereocenters. The molecule has 1 aromatic rings. The van der Waals surface area contributed by atoms with Gasteiger partial charge in [-0.05, 0) is 30.5 Å². The lowest BCUT2D eigenvalue weighted by molar-refractivity contribution is -0.132. The Labute approximate surface area is 163 Å². The minimum Gasteiger partial charge on any atom is -0.352 e. The Balaban J connectivity index is 1.84. The van der Waals surface area contributed by atoms with Crippen LogP contribution in [0.3, 0.4) is 0 Å². The van der Waals surface area contributed by atoms with E-state index < -0.39 is 0 Å². The maximum Gasteiger partial charge on any atom is 0.244 e. The van der Waals surface area contributed by atoms with E-state index in [0.29, 0.717) is 13.0 Å². The van der Waals surface area contributed by atoms with Gasteiger partial charge < -0.3 is 15.1 Å². The number of nitrogens with one attached hydrogen (secondary N) is 1. The molecule has 1 aliphatic rings. The van der Waals surface area contributed by atoms with Crippen molar-refractivity contribution >= 4 is 17.4 Å². The standard InChI is InChI=1S/C22H33N3O2/c1-5-24-12-14-25(15-13-24)22(27)10-11-23-21(26)16-20(17(2)3)19-8-6-18(4)7-9-19/h6-9,16-17H,5,10-15H2,1-4H3,(H,23,26)/b20-16+. The normalized spacial score (nSPS) is 15.9. The first-order chi connectivity index (χ1) is 12.9. The van der Waals surface area contributed by atoms with E-state index in [-0.39, 0.29) is 17.7 Å². The number of amides is 2. The van der Waals surface area contributed by atoms with Crippen molar-refractivity contribution in [2.45, 2.75) is 34.1 Å². The van der Waals surface area contributed by atoms with Crippen molar-refractivity contribution in [2.24, 2.45) is 5.92 Å². The summed E-state index contributed by atoms with van der Waals surface area (Å²) in [5.74, 6) is 0.232. The second-order valence-electron chi connectivity index (χ2n) is 7.48. The van der Waals surface area contributed by atoms with Crippen LogP contribution in [-0.4, -0.2) is 60.9 Å². The van der Waals surface area contributed by atoms with Gasteiger partial charge >= 0.3 is 0 Å². The number of benzene rings is 1. The fourth-order valence-electron chi connectivity index (χ4n) is 3.29. The molecular formula is C22H33N3O2. The fraction of sp³-hybridized carbons (Fsp3) is 0.545. The average Bonchev–Trinajstić information content (AvgIpc) is 2.66. The third kappa shape index (κ3) is 6.51. The van der Waals surface area contributed by atoms with Gasteiger partial charge in [0.05, 0.1) is 0 Å². The van der Waals surface area contributed by atoms with Crippen LogP contribution in [0.25, 0.3) is 5.57 Å². The molecule has 0 aromatic heterocycles. The molecule has 1 heterocycles. The van der Waals surface area contributed by atoms with E-state index in [0.717, 1.165) is 43.9 Å². The lowest BCUT2D eigenvalue weighted by Crippen LogP contribution is -2.49. The van der Waals surface area contributed by atoms with Gasteiger partial charge in [0.15, 0.2) is 0 Å². The zero-order chi connectivity index (χ0) is 19.8. The number of carbonyl (C=O) groups is 2. The third-order valence-corrected chi connectivity index (χ3v) is 5.10. The van der Waals surface area contributed by atoms with Crippen LogP contribution < -0.4 is 5.32 Å². The van der Waals surface area contributed by atoms with Gasteiger partial charge in [-0.25, -0.2) is 0 Å². The Morgan fingerprint density at radius 2 is 1.74 bits per heavy atom. The lowest BCUT2D eigenvalue weighted by atomic mass is 9.94. The zero-order valence-corrected chi connectivity index (χ0v) is 17.1. The summed E-state index contributed by atoms with van der Waals surface area (Å²) in [4.78, 5) is 28.9. The Kier molecular flexibility index (Phi) is 8.04. The van der Waals surface area contributed by atoms with Crippen molar-refractivity contribution in [3.63, 3.8) is 0 Å². The lowest BCUT2D eigenvalue weighted by Gasteiger charge is -2.34. The summed E-state index contributed by atoms with van der Waals surface area (Å²) in [5.41, 5.74) is 3.27. The first kappa shape index (κ1) is 21.2. The van der Waals surface area contributed by atoms with Crippen LogP contribution in [0.4, 0.5) is 0 Å². The van der Waals surface area contributed by atoms with E-state index in [9.17, 15) is 9.59 Å². The van der Waals surface area contributed by atoms with Gasteiger partial charge in [-0.1, -0.05) is 50.6 Å². The van der Waals surface area contributed by atoms with Crippen LogP contribution in [0.15, 0.2) is 30.3 Å². The molecule has 0 atom stereocenters. The summed E-state index contributed by atoms with van der Waals surface area (Å²) < 4.78 is 0. The van der Waals surface area contributed by atoms with E-state index in [1.807, 2.05) is 24.0 Å². The van der Waals surface area contributed by atoms with Gasteiger partial charge in [0.25, 0.3) is 0 Å². The highest BCUT2D eigenvalue weighted by molar-refractivity contribution is 5.95. The Morgan fingerprint density at radius 3 is 2.30 bits per heavy atom. The molecule has 2 rings (SSSR count). The Bertz CT molecular complexity index is 657. The minimum atomic E-state index is -0.136. The van der Waals surface area contributed by atoms with E-state index in [1.165, 1.54) is 5.56 Å². The van der Waals surface area contributed by atoms with Gasteiger partial charge in [-0.15, -0.1) is 0 Å². The number of allylic oxidation sites excluding steroid dienone is 1. The van der Waals surface area contributed by atoms with Gasteiger partial charge in [0, 0.05) is 45.2 Å². The summed E-state index contributed by atoms with van der Waals surface area (Å²) in [6.45, 7) is 13.2. The first-order valence-corrected chi connectivity index (χ1v) is 9.97. The summed E-state index contributed by atoms with van der Waals surface area (Å²) in [6.07, 6.45) is 2.02. The molecule has 0 radical (unpaired) electrons. The molecule has 0 spiro atoms. The molecule has 2 amide bonds. The molecule has 1 aromatic carbocycles. The maximum absolute atomic E-state index is 12.3. The maximum atomic E-state index is 12.3. The average molecular weight is 372 g/mol. The molecule has 148 valence electrons. The molecule has 1 saturated heterocycles. The quantitative estimate of drug-likeness (QED) is 0.750. The molecule has 1 aliphatic heterocycles. The van der Waals surface area contributed by atoms with Crippen molar-refractivity contribution in [2.75, 3.05) is 39.3 Å². The second kappa shape index (κ2) is 10.3. The number of hydrogen-bond acceptors (Lipinski definition) is 3. The van der Waals surface area contributed by atoms with Crippen molar-refractivity contribution in [3.8, 4) is 0 Å². The van der Waals surface area contributed by atoms with Crippen LogP contribution in [0.1, 0.15) is 38.3 Å². The molecule has 1 fully saturated rings. The molecule has 27 heavy (non-hydrogen) atoms. The smallest absolute Gasteiger partial charge is 0.244 e. The van der Waals surface area contributed by atoms with Crippen LogP contribution in [0.2, 0.25) is 0 Å². The fourth-order valence-corrected chi connectivity index (χ4v) is 3.29. The number of aryl methyl sites for hydroxylation is 1. The summed E-state index contributed by atoms with van der Waals surface area (Å²) in [7, 11) is 0.